The molecular formula is C11H11BrN2O3S2. The van der Waals surface area contributed by atoms with Gasteiger partial charge in [0.05, 0.1) is 12.0 Å². The van der Waals surface area contributed by atoms with Gasteiger partial charge in [0.1, 0.15) is 5.71 Å². The zero-order valence-corrected chi connectivity index (χ0v) is 13.4. The van der Waals surface area contributed by atoms with E-state index in [0.717, 1.165) is 15.8 Å². The van der Waals surface area contributed by atoms with Crippen molar-refractivity contribution in [3.05, 3.63) is 32.1 Å². The zero-order valence-electron chi connectivity index (χ0n) is 10.2. The summed E-state index contributed by atoms with van der Waals surface area (Å²) in [6.07, 6.45) is 2.44. The molecule has 1 aliphatic rings. The lowest BCUT2D eigenvalue weighted by Crippen LogP contribution is -2.31. The molecule has 1 N–H and O–H groups in total. The number of ether oxygens (including phenoxy) is 1. The minimum atomic E-state index is -1.66. The van der Waals surface area contributed by atoms with Gasteiger partial charge in [-0.25, -0.2) is 4.79 Å². The van der Waals surface area contributed by atoms with E-state index in [0.29, 0.717) is 5.71 Å². The van der Waals surface area contributed by atoms with Crippen LogP contribution in [0.4, 0.5) is 0 Å². The molecule has 1 aromatic heterocycles. The molecule has 0 spiro atoms. The second-order valence-corrected chi connectivity index (χ2v) is 6.49. The zero-order chi connectivity index (χ0) is 14.0. The number of hydrogen-bond donors (Lipinski definition) is 1. The number of allylic oxidation sites excluding steroid dienone is 1. The van der Waals surface area contributed by atoms with Crippen LogP contribution in [0.1, 0.15) is 16.7 Å². The molecular weight excluding hydrogens is 352 g/mol. The largest absolute Gasteiger partial charge is 0.567 e. The molecule has 0 bridgehead atoms. The highest BCUT2D eigenvalue weighted by Crippen LogP contribution is 2.29. The lowest BCUT2D eigenvalue weighted by molar-refractivity contribution is -0.136. The summed E-state index contributed by atoms with van der Waals surface area (Å²) in [5.74, 6) is -0.563. The van der Waals surface area contributed by atoms with Crippen LogP contribution < -0.4 is 4.72 Å². The van der Waals surface area contributed by atoms with Crippen molar-refractivity contribution in [1.29, 1.82) is 0 Å². The molecule has 19 heavy (non-hydrogen) atoms. The quantitative estimate of drug-likeness (QED) is 0.659. The van der Waals surface area contributed by atoms with E-state index < -0.39 is 17.5 Å². The molecule has 1 aromatic rings. The number of hydrogen-bond acceptors (Lipinski definition) is 6. The lowest BCUT2D eigenvalue weighted by Gasteiger charge is -2.13. The van der Waals surface area contributed by atoms with Gasteiger partial charge >= 0.3 is 5.97 Å². The molecule has 2 rings (SSSR count). The molecule has 0 saturated carbocycles. The summed E-state index contributed by atoms with van der Waals surface area (Å²) >= 11 is 3.36. The fourth-order valence-electron chi connectivity index (χ4n) is 1.50. The molecule has 0 amide bonds. The first-order chi connectivity index (χ1) is 9.05. The van der Waals surface area contributed by atoms with Gasteiger partial charge < -0.3 is 9.29 Å². The van der Waals surface area contributed by atoms with E-state index >= 15 is 0 Å². The van der Waals surface area contributed by atoms with Crippen molar-refractivity contribution in [1.82, 2.24) is 4.72 Å². The number of esters is 1. The van der Waals surface area contributed by atoms with Gasteiger partial charge in [-0.1, -0.05) is 6.92 Å². The first-order valence-electron chi connectivity index (χ1n) is 5.41. The molecule has 0 aromatic carbocycles. The topological polar surface area (TPSA) is 73.8 Å². The lowest BCUT2D eigenvalue weighted by atomic mass is 10.2. The molecule has 1 atom stereocenters. The minimum absolute atomic E-state index is 0.147. The first-order valence-corrected chi connectivity index (χ1v) is 8.12. The summed E-state index contributed by atoms with van der Waals surface area (Å²) in [4.78, 5) is 13.5. The van der Waals surface area contributed by atoms with Crippen molar-refractivity contribution in [2.45, 2.75) is 13.3 Å². The highest BCUT2D eigenvalue weighted by Gasteiger charge is 2.25. The molecule has 1 unspecified atom stereocenters. The van der Waals surface area contributed by atoms with Gasteiger partial charge in [-0.05, 0) is 32.8 Å². The van der Waals surface area contributed by atoms with Crippen LogP contribution in [-0.2, 0) is 27.5 Å². The molecule has 8 heteroatoms. The Morgan fingerprint density at radius 3 is 3.00 bits per heavy atom. The smallest absolute Gasteiger partial charge is 0.358 e. The summed E-state index contributed by atoms with van der Waals surface area (Å²) in [6, 6.07) is 1.91. The maximum atomic E-state index is 11.6. The Morgan fingerprint density at radius 2 is 2.42 bits per heavy atom. The van der Waals surface area contributed by atoms with Crippen LogP contribution >= 0.6 is 27.3 Å². The van der Waals surface area contributed by atoms with Crippen molar-refractivity contribution in [2.75, 3.05) is 7.11 Å². The van der Waals surface area contributed by atoms with Gasteiger partial charge in [0.15, 0.2) is 5.70 Å². The highest BCUT2D eigenvalue weighted by atomic mass is 79.9. The molecule has 0 aliphatic carbocycles. The Morgan fingerprint density at radius 1 is 1.68 bits per heavy atom. The number of nitrogens with one attached hydrogen (secondary N) is 1. The summed E-state index contributed by atoms with van der Waals surface area (Å²) in [5.41, 5.74) is 0.663. The molecule has 102 valence electrons. The minimum Gasteiger partial charge on any atom is -0.567 e. The van der Waals surface area contributed by atoms with Crippen LogP contribution in [0, 0.1) is 0 Å². The van der Waals surface area contributed by atoms with E-state index in [2.05, 4.69) is 36.7 Å². The molecule has 5 nitrogen and oxygen atoms in total. The van der Waals surface area contributed by atoms with Gasteiger partial charge in [-0.2, -0.15) is 4.72 Å². The Balaban J connectivity index is 2.37. The molecule has 2 heterocycles. The van der Waals surface area contributed by atoms with Crippen LogP contribution in [0.3, 0.4) is 0 Å². The van der Waals surface area contributed by atoms with Crippen molar-refractivity contribution in [2.24, 2.45) is 4.40 Å². The Kier molecular flexibility index (Phi) is 4.67. The third-order valence-electron chi connectivity index (χ3n) is 2.40. The number of thiophene rings is 1. The third kappa shape index (κ3) is 3.19. The molecule has 0 radical (unpaired) electrons. The van der Waals surface area contributed by atoms with Crippen LogP contribution in [0.25, 0.3) is 0 Å². The number of carbonyl (C=O) groups is 1. The maximum absolute atomic E-state index is 11.6. The average molecular weight is 363 g/mol. The third-order valence-corrected chi connectivity index (χ3v) is 5.42. The highest BCUT2D eigenvalue weighted by molar-refractivity contribution is 9.10. The van der Waals surface area contributed by atoms with E-state index in [1.165, 1.54) is 12.0 Å². The van der Waals surface area contributed by atoms with E-state index in [1.54, 1.807) is 17.4 Å². The van der Waals surface area contributed by atoms with Crippen LogP contribution in [0.2, 0.25) is 0 Å². The van der Waals surface area contributed by atoms with Crippen LogP contribution in [-0.4, -0.2) is 23.3 Å². The summed E-state index contributed by atoms with van der Waals surface area (Å²) in [5, 5.41) is 0. The maximum Gasteiger partial charge on any atom is 0.358 e. The number of nitrogens with zero attached hydrogens (tertiary/aromatic N) is 1. The number of halogens is 1. The van der Waals surface area contributed by atoms with Gasteiger partial charge in [-0.3, -0.25) is 0 Å². The van der Waals surface area contributed by atoms with Crippen molar-refractivity contribution in [3.63, 3.8) is 0 Å². The monoisotopic (exact) mass is 362 g/mol. The Hall–Kier alpha value is -0.830. The first kappa shape index (κ1) is 14.6. The van der Waals surface area contributed by atoms with Gasteiger partial charge in [0, 0.05) is 15.4 Å². The Labute approximate surface area is 126 Å². The summed E-state index contributed by atoms with van der Waals surface area (Å²) in [6.45, 7) is 2.05. The van der Waals surface area contributed by atoms with Crippen molar-refractivity contribution < 1.29 is 14.1 Å². The second-order valence-electron chi connectivity index (χ2n) is 3.61. The van der Waals surface area contributed by atoms with Gasteiger partial charge in [-0.15, -0.1) is 11.3 Å². The van der Waals surface area contributed by atoms with E-state index in [9.17, 15) is 9.35 Å². The summed E-state index contributed by atoms with van der Waals surface area (Å²) in [7, 11) is 1.27. The fourth-order valence-corrected chi connectivity index (χ4v) is 4.12. The predicted octanol–water partition coefficient (Wildman–Crippen LogP) is 2.10. The SMILES string of the molecule is CCc1sc(C2=N[S+]([O-])NC(C(=O)OC)=C2)cc1Br. The van der Waals surface area contributed by atoms with Crippen LogP contribution in [0.5, 0.6) is 0 Å². The number of rotatable bonds is 3. The normalized spacial score (nSPS) is 18.4. The predicted molar refractivity (Wildman–Crippen MR) is 79.3 cm³/mol. The second kappa shape index (κ2) is 6.08. The average Bonchev–Trinajstić information content (AvgIpc) is 2.78. The molecule has 0 saturated heterocycles. The van der Waals surface area contributed by atoms with Gasteiger partial charge in [0.25, 0.3) is 0 Å². The van der Waals surface area contributed by atoms with Crippen LogP contribution in [0.15, 0.2) is 26.7 Å². The fraction of sp³-hybridized carbons (Fsp3) is 0.273. The van der Waals surface area contributed by atoms with Gasteiger partial charge in [0.2, 0.25) is 11.5 Å². The standard InChI is InChI=1S/C11H11BrN2O3S2/c1-3-9-6(12)4-10(18-9)7-5-8(11(15)17-2)14-19(16)13-7/h4-5,14H,3H2,1-2H3. The number of carbonyl (C=O) groups excluding carboxylic acids is 1. The molecule has 0 fully saturated rings. The van der Waals surface area contributed by atoms with Crippen molar-refractivity contribution in [3.8, 4) is 0 Å². The van der Waals surface area contributed by atoms with E-state index in [4.69, 9.17) is 0 Å². The number of methoxy groups -OCH3 is 1. The van der Waals surface area contributed by atoms with E-state index in [1.807, 2.05) is 6.07 Å². The van der Waals surface area contributed by atoms with Crippen molar-refractivity contribution >= 4 is 50.5 Å². The number of aryl methyl sites for hydroxylation is 1. The summed E-state index contributed by atoms with van der Waals surface area (Å²) < 4.78 is 23.7. The van der Waals surface area contributed by atoms with E-state index in [-0.39, 0.29) is 5.70 Å². The molecule has 1 aliphatic heterocycles. The Bertz CT molecular complexity index is 568.